The number of esters is 4. The second-order valence-corrected chi connectivity index (χ2v) is 11.5. The Kier molecular flexibility index (Phi) is 10.4. The maximum atomic E-state index is 12.2. The van der Waals surface area contributed by atoms with Crippen LogP contribution in [-0.2, 0) is 47.6 Å². The lowest BCUT2D eigenvalue weighted by Crippen LogP contribution is -2.24. The van der Waals surface area contributed by atoms with Gasteiger partial charge in [0.25, 0.3) is 0 Å². The molecule has 0 aromatic heterocycles. The minimum Gasteiger partial charge on any atom is -0.466 e. The number of hydrogen-bond acceptors (Lipinski definition) is 10. The van der Waals surface area contributed by atoms with Crippen molar-refractivity contribution in [2.75, 3.05) is 28.4 Å². The Morgan fingerprint density at radius 2 is 1.10 bits per heavy atom. The van der Waals surface area contributed by atoms with E-state index in [1.807, 2.05) is 24.0 Å². The molecule has 0 saturated carbocycles. The average Bonchev–Trinajstić information content (AvgIpc) is 3.61. The van der Waals surface area contributed by atoms with Gasteiger partial charge in [0.05, 0.1) is 51.8 Å². The highest BCUT2D eigenvalue weighted by Crippen LogP contribution is 2.55. The maximum Gasteiger partial charge on any atom is 0.384 e. The molecular formula is C38H36O10. The monoisotopic (exact) mass is 652 g/mol. The summed E-state index contributed by atoms with van der Waals surface area (Å²) in [5.74, 6) is 1.34. The summed E-state index contributed by atoms with van der Waals surface area (Å²) in [7, 11) is 5.01. The molecule has 2 aromatic carbocycles. The highest BCUT2D eigenvalue weighted by molar-refractivity contribution is 6.01. The van der Waals surface area contributed by atoms with Crippen molar-refractivity contribution in [3.05, 3.63) is 117 Å². The van der Waals surface area contributed by atoms with Gasteiger partial charge in [-0.25, -0.2) is 19.2 Å². The van der Waals surface area contributed by atoms with Gasteiger partial charge in [0.2, 0.25) is 0 Å². The van der Waals surface area contributed by atoms with Crippen molar-refractivity contribution in [3.63, 3.8) is 0 Å². The SMILES string of the molecule is C=C1CC2OC(C1=C)c1ccccc12.COC(=O)C#CC(=O)OC.COC(=O)C1=C(C(=O)OC)CC2=C(C1)CC1OC2c2ccccc21. The predicted octanol–water partition coefficient (Wildman–Crippen LogP) is 5.59. The van der Waals surface area contributed by atoms with Crippen LogP contribution >= 0.6 is 0 Å². The van der Waals surface area contributed by atoms with E-state index >= 15 is 0 Å². The molecule has 4 bridgehead atoms. The van der Waals surface area contributed by atoms with Gasteiger partial charge in [-0.15, -0.1) is 0 Å². The van der Waals surface area contributed by atoms with Crippen LogP contribution in [0, 0.1) is 11.8 Å². The van der Waals surface area contributed by atoms with Gasteiger partial charge in [0.1, 0.15) is 12.2 Å². The van der Waals surface area contributed by atoms with Crippen LogP contribution in [0.4, 0.5) is 0 Å². The van der Waals surface area contributed by atoms with Crippen LogP contribution in [0.5, 0.6) is 0 Å². The first-order valence-corrected chi connectivity index (χ1v) is 15.2. The molecule has 4 atom stereocenters. The van der Waals surface area contributed by atoms with Gasteiger partial charge in [-0.2, -0.15) is 0 Å². The third-order valence-corrected chi connectivity index (χ3v) is 8.88. The van der Waals surface area contributed by atoms with E-state index in [-0.39, 0.29) is 24.4 Å². The highest BCUT2D eigenvalue weighted by atomic mass is 16.5. The van der Waals surface area contributed by atoms with Crippen molar-refractivity contribution in [3.8, 4) is 11.8 Å². The van der Waals surface area contributed by atoms with Crippen LogP contribution in [-0.4, -0.2) is 52.3 Å². The average molecular weight is 653 g/mol. The number of rotatable bonds is 2. The van der Waals surface area contributed by atoms with E-state index in [0.717, 1.165) is 29.6 Å². The summed E-state index contributed by atoms with van der Waals surface area (Å²) in [5, 5.41) is 0. The number of benzene rings is 2. The van der Waals surface area contributed by atoms with Gasteiger partial charge in [-0.3, -0.25) is 0 Å². The fourth-order valence-corrected chi connectivity index (χ4v) is 6.51. The van der Waals surface area contributed by atoms with Crippen LogP contribution in [0.15, 0.2) is 95.1 Å². The summed E-state index contributed by atoms with van der Waals surface area (Å²) in [5.41, 5.74) is 10.2. The van der Waals surface area contributed by atoms with Crippen molar-refractivity contribution < 1.29 is 47.6 Å². The van der Waals surface area contributed by atoms with Crippen molar-refractivity contribution in [1.82, 2.24) is 0 Å². The number of ether oxygens (including phenoxy) is 6. The molecule has 0 spiro atoms. The summed E-state index contributed by atoms with van der Waals surface area (Å²) in [6.07, 6.45) is 2.63. The van der Waals surface area contributed by atoms with Crippen molar-refractivity contribution in [1.29, 1.82) is 0 Å². The van der Waals surface area contributed by atoms with Gasteiger partial charge in [-0.05, 0) is 45.4 Å². The molecule has 0 radical (unpaired) electrons. The third kappa shape index (κ3) is 6.74. The zero-order chi connectivity index (χ0) is 34.5. The number of methoxy groups -OCH3 is 4. The number of hydrogen-bond donors (Lipinski definition) is 0. The zero-order valence-electron chi connectivity index (χ0n) is 27.3. The number of carbonyl (C=O) groups is 4. The van der Waals surface area contributed by atoms with Gasteiger partial charge in [-0.1, -0.05) is 67.3 Å². The molecule has 4 heterocycles. The molecule has 2 aromatic rings. The fraction of sp³-hybridized carbons (Fsp3) is 0.316. The lowest BCUT2D eigenvalue weighted by atomic mass is 9.81. The van der Waals surface area contributed by atoms with Gasteiger partial charge in [0, 0.05) is 31.1 Å². The summed E-state index contributed by atoms with van der Waals surface area (Å²) >= 11 is 0. The number of carbonyl (C=O) groups excluding carboxylic acids is 4. The minimum absolute atomic E-state index is 0.0310. The molecular weight excluding hydrogens is 616 g/mol. The molecule has 0 N–H and O–H groups in total. The van der Waals surface area contributed by atoms with Crippen LogP contribution in [0.1, 0.15) is 72.4 Å². The summed E-state index contributed by atoms with van der Waals surface area (Å²) in [4.78, 5) is 44.8. The van der Waals surface area contributed by atoms with Crippen molar-refractivity contribution >= 4 is 23.9 Å². The standard InChI is InChI=1S/C19H18O5.C13H12O.C6H6O4/c1-22-18(20)14-7-10-8-16-11-5-3-4-6-12(11)17(24-16)13(10)9-15(14)19(21)23-2;1-8-7-12-10-5-3-4-6-11(10)13(14-12)9(8)2;1-9-5(7)3-4-6(8)10-2/h3-6,16-17H,7-9H2,1-2H3;3-6,12-13H,1-2,7H2;1-2H3. The fourth-order valence-electron chi connectivity index (χ4n) is 6.51. The molecule has 4 unspecified atom stereocenters. The normalized spacial score (nSPS) is 22.2. The van der Waals surface area contributed by atoms with Crippen LogP contribution in [0.3, 0.4) is 0 Å². The Hall–Kier alpha value is -5.24. The van der Waals surface area contributed by atoms with E-state index < -0.39 is 23.9 Å². The second-order valence-electron chi connectivity index (χ2n) is 11.5. The van der Waals surface area contributed by atoms with E-state index in [2.05, 4.69) is 59.0 Å². The van der Waals surface area contributed by atoms with Gasteiger partial charge < -0.3 is 28.4 Å². The van der Waals surface area contributed by atoms with Crippen LogP contribution < -0.4 is 0 Å². The second kappa shape index (κ2) is 14.7. The topological polar surface area (TPSA) is 124 Å². The van der Waals surface area contributed by atoms with Gasteiger partial charge >= 0.3 is 23.9 Å². The quantitative estimate of drug-likeness (QED) is 0.133. The Balaban J connectivity index is 0.000000159. The molecule has 10 heteroatoms. The highest BCUT2D eigenvalue weighted by Gasteiger charge is 2.43. The minimum atomic E-state index is -0.759. The predicted molar refractivity (Wildman–Crippen MR) is 173 cm³/mol. The van der Waals surface area contributed by atoms with Crippen molar-refractivity contribution in [2.45, 2.75) is 50.1 Å². The van der Waals surface area contributed by atoms with Crippen LogP contribution in [0.25, 0.3) is 0 Å². The molecule has 48 heavy (non-hydrogen) atoms. The van der Waals surface area contributed by atoms with E-state index in [0.29, 0.717) is 24.0 Å². The number of fused-ring (bicyclic) bond motifs is 11. The Morgan fingerprint density at radius 3 is 1.62 bits per heavy atom. The molecule has 1 fully saturated rings. The Labute approximate surface area is 279 Å². The smallest absolute Gasteiger partial charge is 0.384 e. The van der Waals surface area contributed by atoms with E-state index in [9.17, 15) is 19.2 Å². The van der Waals surface area contributed by atoms with E-state index in [4.69, 9.17) is 18.9 Å². The molecule has 1 aliphatic carbocycles. The van der Waals surface area contributed by atoms with E-state index in [1.54, 1.807) is 0 Å². The third-order valence-electron chi connectivity index (χ3n) is 8.88. The molecule has 7 rings (SSSR count). The molecule has 248 valence electrons. The van der Waals surface area contributed by atoms with E-state index in [1.165, 1.54) is 56.3 Å². The summed E-state index contributed by atoms with van der Waals surface area (Å²) in [6, 6.07) is 16.6. The van der Waals surface area contributed by atoms with Crippen LogP contribution in [0.2, 0.25) is 0 Å². The first kappa shape index (κ1) is 34.1. The Bertz CT molecular complexity index is 1800. The lowest BCUT2D eigenvalue weighted by Gasteiger charge is -2.32. The molecule has 5 aliphatic rings. The summed E-state index contributed by atoms with van der Waals surface area (Å²) < 4.78 is 30.1. The van der Waals surface area contributed by atoms with Gasteiger partial charge in [0.15, 0.2) is 0 Å². The first-order valence-electron chi connectivity index (χ1n) is 15.2. The zero-order valence-corrected chi connectivity index (χ0v) is 27.3. The maximum absolute atomic E-state index is 12.2. The molecule has 10 nitrogen and oxygen atoms in total. The Morgan fingerprint density at radius 1 is 0.646 bits per heavy atom. The lowest BCUT2D eigenvalue weighted by molar-refractivity contribution is -0.139. The molecule has 1 saturated heterocycles. The summed E-state index contributed by atoms with van der Waals surface area (Å²) in [6.45, 7) is 8.09. The first-order chi connectivity index (χ1) is 23.1. The van der Waals surface area contributed by atoms with Crippen molar-refractivity contribution in [2.24, 2.45) is 0 Å². The molecule has 0 amide bonds. The molecule has 4 aliphatic heterocycles. The largest absolute Gasteiger partial charge is 0.466 e.